The fourth-order valence-corrected chi connectivity index (χ4v) is 2.44. The van der Waals surface area contributed by atoms with E-state index in [2.05, 4.69) is 22.2 Å². The lowest BCUT2D eigenvalue weighted by atomic mass is 9.97. The van der Waals surface area contributed by atoms with Gasteiger partial charge in [0.05, 0.1) is 6.04 Å². The van der Waals surface area contributed by atoms with E-state index in [0.717, 1.165) is 12.2 Å². The molecule has 2 N–H and O–H groups in total. The van der Waals surface area contributed by atoms with Gasteiger partial charge < -0.3 is 10.3 Å². The van der Waals surface area contributed by atoms with Crippen LogP contribution in [-0.2, 0) is 4.79 Å². The van der Waals surface area contributed by atoms with Crippen molar-refractivity contribution in [3.8, 4) is 0 Å². The molecule has 88 valence electrons. The number of hydrogen-bond donors (Lipinski definition) is 2. The quantitative estimate of drug-likeness (QED) is 0.820. The van der Waals surface area contributed by atoms with E-state index in [1.54, 1.807) is 12.4 Å². The second kappa shape index (κ2) is 4.68. The van der Waals surface area contributed by atoms with Crippen LogP contribution in [-0.4, -0.2) is 15.9 Å². The van der Waals surface area contributed by atoms with Crippen molar-refractivity contribution in [2.45, 2.75) is 39.2 Å². The lowest BCUT2D eigenvalue weighted by Crippen LogP contribution is -2.34. The highest BCUT2D eigenvalue weighted by molar-refractivity contribution is 5.79. The van der Waals surface area contributed by atoms with Gasteiger partial charge in [-0.15, -0.1) is 0 Å². The highest BCUT2D eigenvalue weighted by atomic mass is 16.2. The van der Waals surface area contributed by atoms with Crippen molar-refractivity contribution < 1.29 is 4.79 Å². The SMILES string of the molecule is CC(NC(=O)C1CCCC1C)c1ncc[nH]1. The number of amides is 1. The number of rotatable bonds is 3. The Morgan fingerprint density at radius 2 is 2.44 bits per heavy atom. The third-order valence-corrected chi connectivity index (χ3v) is 3.49. The van der Waals surface area contributed by atoms with Crippen LogP contribution in [0.5, 0.6) is 0 Å². The number of H-pyrrole nitrogens is 1. The Morgan fingerprint density at radius 3 is 3.00 bits per heavy atom. The zero-order valence-corrected chi connectivity index (χ0v) is 9.86. The van der Waals surface area contributed by atoms with Gasteiger partial charge in [-0.1, -0.05) is 13.3 Å². The first kappa shape index (κ1) is 11.2. The van der Waals surface area contributed by atoms with E-state index in [0.29, 0.717) is 5.92 Å². The molecule has 1 saturated carbocycles. The molecular formula is C12H19N3O. The molecular weight excluding hydrogens is 202 g/mol. The van der Waals surface area contributed by atoms with Gasteiger partial charge in [0.2, 0.25) is 5.91 Å². The summed E-state index contributed by atoms with van der Waals surface area (Å²) in [5.74, 6) is 1.70. The van der Waals surface area contributed by atoms with Gasteiger partial charge in [0.15, 0.2) is 0 Å². The molecule has 1 heterocycles. The number of carbonyl (C=O) groups excluding carboxylic acids is 1. The average molecular weight is 221 g/mol. The van der Waals surface area contributed by atoms with E-state index >= 15 is 0 Å². The summed E-state index contributed by atoms with van der Waals surface area (Å²) in [6.07, 6.45) is 6.85. The van der Waals surface area contributed by atoms with Crippen molar-refractivity contribution in [1.82, 2.24) is 15.3 Å². The van der Waals surface area contributed by atoms with Gasteiger partial charge in [0, 0.05) is 18.3 Å². The van der Waals surface area contributed by atoms with Crippen LogP contribution < -0.4 is 5.32 Å². The summed E-state index contributed by atoms with van der Waals surface area (Å²) >= 11 is 0. The van der Waals surface area contributed by atoms with E-state index in [4.69, 9.17) is 0 Å². The van der Waals surface area contributed by atoms with Crippen molar-refractivity contribution in [2.75, 3.05) is 0 Å². The predicted octanol–water partition coefficient (Wildman–Crippen LogP) is 2.02. The maximum atomic E-state index is 12.0. The molecule has 1 fully saturated rings. The summed E-state index contributed by atoms with van der Waals surface area (Å²) < 4.78 is 0. The Balaban J connectivity index is 1.92. The summed E-state index contributed by atoms with van der Waals surface area (Å²) in [4.78, 5) is 19.2. The van der Waals surface area contributed by atoms with Gasteiger partial charge in [0.25, 0.3) is 0 Å². The van der Waals surface area contributed by atoms with Crippen molar-refractivity contribution in [2.24, 2.45) is 11.8 Å². The first-order valence-electron chi connectivity index (χ1n) is 5.98. The second-order valence-electron chi connectivity index (χ2n) is 4.72. The Bertz CT molecular complexity index is 347. The Kier molecular flexibility index (Phi) is 3.27. The van der Waals surface area contributed by atoms with Gasteiger partial charge in [-0.05, 0) is 25.7 Å². The number of nitrogens with one attached hydrogen (secondary N) is 2. The van der Waals surface area contributed by atoms with Gasteiger partial charge in [-0.25, -0.2) is 4.98 Å². The molecule has 0 aliphatic heterocycles. The zero-order chi connectivity index (χ0) is 11.5. The predicted molar refractivity (Wildman–Crippen MR) is 61.7 cm³/mol. The van der Waals surface area contributed by atoms with Crippen LogP contribution in [0.25, 0.3) is 0 Å². The first-order valence-corrected chi connectivity index (χ1v) is 5.98. The molecule has 0 saturated heterocycles. The maximum Gasteiger partial charge on any atom is 0.223 e. The number of imidazole rings is 1. The highest BCUT2D eigenvalue weighted by Gasteiger charge is 2.30. The Hall–Kier alpha value is -1.32. The molecule has 0 bridgehead atoms. The molecule has 3 unspecified atom stereocenters. The number of carbonyl (C=O) groups is 1. The second-order valence-corrected chi connectivity index (χ2v) is 4.72. The maximum absolute atomic E-state index is 12.0. The fraction of sp³-hybridized carbons (Fsp3) is 0.667. The largest absolute Gasteiger partial charge is 0.347 e. The molecule has 1 aliphatic rings. The summed E-state index contributed by atoms with van der Waals surface area (Å²) in [7, 11) is 0. The minimum absolute atomic E-state index is 0.0321. The van der Waals surface area contributed by atoms with Crippen LogP contribution in [0, 0.1) is 11.8 Å². The lowest BCUT2D eigenvalue weighted by molar-refractivity contribution is -0.126. The molecule has 1 aromatic heterocycles. The number of aromatic nitrogens is 2. The lowest BCUT2D eigenvalue weighted by Gasteiger charge is -2.18. The first-order chi connectivity index (χ1) is 7.68. The molecule has 0 aromatic carbocycles. The smallest absolute Gasteiger partial charge is 0.223 e. The molecule has 16 heavy (non-hydrogen) atoms. The molecule has 1 aromatic rings. The Morgan fingerprint density at radius 1 is 1.62 bits per heavy atom. The Labute approximate surface area is 95.9 Å². The van der Waals surface area contributed by atoms with E-state index in [1.165, 1.54) is 12.8 Å². The van der Waals surface area contributed by atoms with Gasteiger partial charge in [-0.2, -0.15) is 0 Å². The van der Waals surface area contributed by atoms with Gasteiger partial charge in [0.1, 0.15) is 5.82 Å². The van der Waals surface area contributed by atoms with E-state index in [1.807, 2.05) is 6.92 Å². The number of nitrogens with zero attached hydrogens (tertiary/aromatic N) is 1. The van der Waals surface area contributed by atoms with Gasteiger partial charge in [-0.3, -0.25) is 4.79 Å². The van der Waals surface area contributed by atoms with Crippen LogP contribution >= 0.6 is 0 Å². The molecule has 1 amide bonds. The minimum atomic E-state index is -0.0321. The summed E-state index contributed by atoms with van der Waals surface area (Å²) in [6, 6.07) is -0.0321. The van der Waals surface area contributed by atoms with E-state index < -0.39 is 0 Å². The van der Waals surface area contributed by atoms with Gasteiger partial charge >= 0.3 is 0 Å². The highest BCUT2D eigenvalue weighted by Crippen LogP contribution is 2.31. The average Bonchev–Trinajstić information content (AvgIpc) is 2.86. The number of aromatic amines is 1. The molecule has 0 radical (unpaired) electrons. The summed E-state index contributed by atoms with van der Waals surface area (Å²) in [5.41, 5.74) is 0. The normalized spacial score (nSPS) is 26.6. The zero-order valence-electron chi connectivity index (χ0n) is 9.86. The van der Waals surface area contributed by atoms with E-state index in [9.17, 15) is 4.79 Å². The fourth-order valence-electron chi connectivity index (χ4n) is 2.44. The number of hydrogen-bond acceptors (Lipinski definition) is 2. The van der Waals surface area contributed by atoms with Crippen LogP contribution in [0.3, 0.4) is 0 Å². The van der Waals surface area contributed by atoms with Crippen LogP contribution in [0.1, 0.15) is 45.0 Å². The molecule has 1 aliphatic carbocycles. The topological polar surface area (TPSA) is 57.8 Å². The van der Waals surface area contributed by atoms with Crippen molar-refractivity contribution in [3.63, 3.8) is 0 Å². The monoisotopic (exact) mass is 221 g/mol. The molecule has 2 rings (SSSR count). The van der Waals surface area contributed by atoms with Crippen molar-refractivity contribution in [3.05, 3.63) is 18.2 Å². The standard InChI is InChI=1S/C12H19N3O/c1-8-4-3-5-10(8)12(16)15-9(2)11-13-6-7-14-11/h6-10H,3-5H2,1-2H3,(H,13,14)(H,15,16). The van der Waals surface area contributed by atoms with Crippen molar-refractivity contribution in [1.29, 1.82) is 0 Å². The molecule has 0 spiro atoms. The third-order valence-electron chi connectivity index (χ3n) is 3.49. The molecule has 4 nitrogen and oxygen atoms in total. The molecule has 3 atom stereocenters. The minimum Gasteiger partial charge on any atom is -0.347 e. The van der Waals surface area contributed by atoms with Crippen LogP contribution in [0.4, 0.5) is 0 Å². The summed E-state index contributed by atoms with van der Waals surface area (Å²) in [5, 5.41) is 3.02. The van der Waals surface area contributed by atoms with Crippen molar-refractivity contribution >= 4 is 5.91 Å². The molecule has 4 heteroatoms. The van der Waals surface area contributed by atoms with Crippen LogP contribution in [0.2, 0.25) is 0 Å². The summed E-state index contributed by atoms with van der Waals surface area (Å²) in [6.45, 7) is 4.12. The van der Waals surface area contributed by atoms with E-state index in [-0.39, 0.29) is 17.9 Å². The third kappa shape index (κ3) is 2.26. The van der Waals surface area contributed by atoms with Crippen LogP contribution in [0.15, 0.2) is 12.4 Å².